The van der Waals surface area contributed by atoms with Crippen molar-refractivity contribution >= 4 is 34.8 Å². The van der Waals surface area contributed by atoms with Crippen molar-refractivity contribution < 1.29 is 19.1 Å². The highest BCUT2D eigenvalue weighted by atomic mass is 32.1. The Hall–Kier alpha value is -2.74. The fourth-order valence-electron chi connectivity index (χ4n) is 3.31. The van der Waals surface area contributed by atoms with E-state index in [0.717, 1.165) is 12.8 Å². The first-order valence-electron chi connectivity index (χ1n) is 9.54. The zero-order valence-electron chi connectivity index (χ0n) is 17.2. The summed E-state index contributed by atoms with van der Waals surface area (Å²) in [5.41, 5.74) is 1.55. The van der Waals surface area contributed by atoms with Crippen LogP contribution in [0.2, 0.25) is 0 Å². The van der Waals surface area contributed by atoms with Crippen LogP contribution in [-0.4, -0.2) is 36.3 Å². The SMILES string of the molecule is COc1ccc(NC(=O)N2CCCC2c2ccsc2)cc1NC(=O)OC(C)(C)C. The van der Waals surface area contributed by atoms with E-state index in [-0.39, 0.29) is 12.1 Å². The molecule has 2 heterocycles. The van der Waals surface area contributed by atoms with E-state index in [4.69, 9.17) is 9.47 Å². The number of ether oxygens (including phenoxy) is 2. The van der Waals surface area contributed by atoms with Crippen molar-refractivity contribution in [3.05, 3.63) is 40.6 Å². The molecule has 1 aromatic heterocycles. The number of thiophene rings is 1. The Labute approximate surface area is 175 Å². The number of carbonyl (C=O) groups is 2. The van der Waals surface area contributed by atoms with Crippen molar-refractivity contribution in [2.75, 3.05) is 24.3 Å². The van der Waals surface area contributed by atoms with Gasteiger partial charge in [-0.25, -0.2) is 9.59 Å². The summed E-state index contributed by atoms with van der Waals surface area (Å²) < 4.78 is 10.6. The summed E-state index contributed by atoms with van der Waals surface area (Å²) in [5.74, 6) is 0.478. The van der Waals surface area contributed by atoms with Gasteiger partial charge in [0, 0.05) is 12.2 Å². The van der Waals surface area contributed by atoms with Crippen molar-refractivity contribution in [2.24, 2.45) is 0 Å². The van der Waals surface area contributed by atoms with Gasteiger partial charge in [0.15, 0.2) is 0 Å². The first kappa shape index (κ1) is 21.0. The summed E-state index contributed by atoms with van der Waals surface area (Å²) in [6.45, 7) is 6.09. The number of hydrogen-bond donors (Lipinski definition) is 2. The highest BCUT2D eigenvalue weighted by molar-refractivity contribution is 7.08. The molecule has 0 aliphatic carbocycles. The van der Waals surface area contributed by atoms with Crippen LogP contribution >= 0.6 is 11.3 Å². The van der Waals surface area contributed by atoms with E-state index in [1.807, 2.05) is 10.3 Å². The highest BCUT2D eigenvalue weighted by Gasteiger charge is 2.30. The topological polar surface area (TPSA) is 79.9 Å². The molecule has 3 amide bonds. The molecular formula is C21H27N3O4S. The maximum absolute atomic E-state index is 12.9. The van der Waals surface area contributed by atoms with Gasteiger partial charge in [-0.05, 0) is 74.2 Å². The van der Waals surface area contributed by atoms with Crippen LogP contribution in [-0.2, 0) is 4.74 Å². The van der Waals surface area contributed by atoms with Crippen LogP contribution in [0.1, 0.15) is 45.2 Å². The lowest BCUT2D eigenvalue weighted by molar-refractivity contribution is 0.0635. The molecule has 7 nitrogen and oxygen atoms in total. The van der Waals surface area contributed by atoms with Gasteiger partial charge in [0.25, 0.3) is 0 Å². The number of methoxy groups -OCH3 is 1. The van der Waals surface area contributed by atoms with E-state index in [0.29, 0.717) is 23.7 Å². The van der Waals surface area contributed by atoms with Gasteiger partial charge < -0.3 is 19.7 Å². The molecule has 2 aromatic rings. The molecule has 3 rings (SSSR count). The van der Waals surface area contributed by atoms with Crippen LogP contribution in [0, 0.1) is 0 Å². The number of benzene rings is 1. The lowest BCUT2D eigenvalue weighted by atomic mass is 10.1. The number of likely N-dealkylation sites (tertiary alicyclic amines) is 1. The number of rotatable bonds is 4. The monoisotopic (exact) mass is 417 g/mol. The second-order valence-corrected chi connectivity index (χ2v) is 8.66. The maximum atomic E-state index is 12.9. The largest absolute Gasteiger partial charge is 0.495 e. The van der Waals surface area contributed by atoms with Gasteiger partial charge in [-0.2, -0.15) is 11.3 Å². The normalized spacial score (nSPS) is 16.4. The second-order valence-electron chi connectivity index (χ2n) is 7.88. The molecule has 2 N–H and O–H groups in total. The van der Waals surface area contributed by atoms with Crippen molar-refractivity contribution in [1.82, 2.24) is 4.90 Å². The Morgan fingerprint density at radius 3 is 2.66 bits per heavy atom. The van der Waals surface area contributed by atoms with Crippen molar-refractivity contribution in [1.29, 1.82) is 0 Å². The molecule has 1 saturated heterocycles. The van der Waals surface area contributed by atoms with Crippen LogP contribution in [0.25, 0.3) is 0 Å². The quantitative estimate of drug-likeness (QED) is 0.691. The fraction of sp³-hybridized carbons (Fsp3) is 0.429. The van der Waals surface area contributed by atoms with E-state index in [1.54, 1.807) is 50.3 Å². The van der Waals surface area contributed by atoms with E-state index in [1.165, 1.54) is 12.7 Å². The van der Waals surface area contributed by atoms with Crippen LogP contribution in [0.3, 0.4) is 0 Å². The van der Waals surface area contributed by atoms with Crippen LogP contribution in [0.5, 0.6) is 5.75 Å². The van der Waals surface area contributed by atoms with Gasteiger partial charge in [0.05, 0.1) is 18.8 Å². The van der Waals surface area contributed by atoms with Crippen molar-refractivity contribution in [2.45, 2.75) is 45.3 Å². The number of amides is 3. The average molecular weight is 418 g/mol. The van der Waals surface area contributed by atoms with Crippen LogP contribution in [0.15, 0.2) is 35.0 Å². The minimum Gasteiger partial charge on any atom is -0.495 e. The van der Waals surface area contributed by atoms with Gasteiger partial charge in [0.2, 0.25) is 0 Å². The summed E-state index contributed by atoms with van der Waals surface area (Å²) in [4.78, 5) is 26.9. The zero-order chi connectivity index (χ0) is 21.0. The molecule has 1 atom stereocenters. The van der Waals surface area contributed by atoms with Crippen LogP contribution < -0.4 is 15.4 Å². The summed E-state index contributed by atoms with van der Waals surface area (Å²) in [7, 11) is 1.52. The highest BCUT2D eigenvalue weighted by Crippen LogP contribution is 2.34. The zero-order valence-corrected chi connectivity index (χ0v) is 18.0. The van der Waals surface area contributed by atoms with E-state index >= 15 is 0 Å². The molecule has 0 spiro atoms. The molecule has 8 heteroatoms. The molecule has 1 aliphatic rings. The Kier molecular flexibility index (Phi) is 6.32. The predicted molar refractivity (Wildman–Crippen MR) is 115 cm³/mol. The van der Waals surface area contributed by atoms with Gasteiger partial charge in [-0.1, -0.05) is 0 Å². The number of urea groups is 1. The Morgan fingerprint density at radius 2 is 2.00 bits per heavy atom. The molecule has 0 saturated carbocycles. The predicted octanol–water partition coefficient (Wildman–Crippen LogP) is 5.47. The number of carbonyl (C=O) groups excluding carboxylic acids is 2. The number of anilines is 2. The standard InChI is InChI=1S/C21H27N3O4S/c1-21(2,3)28-20(26)23-16-12-15(7-8-18(16)27-4)22-19(25)24-10-5-6-17(24)14-9-11-29-13-14/h7-9,11-13,17H,5-6,10H2,1-4H3,(H,22,25)(H,23,26). The van der Waals surface area contributed by atoms with Crippen LogP contribution in [0.4, 0.5) is 21.0 Å². The van der Waals surface area contributed by atoms with E-state index in [2.05, 4.69) is 22.1 Å². The molecular weight excluding hydrogens is 390 g/mol. The van der Waals surface area contributed by atoms with Crippen molar-refractivity contribution in [3.63, 3.8) is 0 Å². The Morgan fingerprint density at radius 1 is 1.21 bits per heavy atom. The molecule has 1 fully saturated rings. The van der Waals surface area contributed by atoms with Gasteiger partial charge in [-0.3, -0.25) is 5.32 Å². The third-order valence-corrected chi connectivity index (χ3v) is 5.23. The lowest BCUT2D eigenvalue weighted by Gasteiger charge is -2.25. The van der Waals surface area contributed by atoms with Gasteiger partial charge in [0.1, 0.15) is 11.4 Å². The Bertz CT molecular complexity index is 861. The van der Waals surface area contributed by atoms with Gasteiger partial charge in [-0.15, -0.1) is 0 Å². The number of nitrogens with one attached hydrogen (secondary N) is 2. The molecule has 0 radical (unpaired) electrons. The molecule has 29 heavy (non-hydrogen) atoms. The summed E-state index contributed by atoms with van der Waals surface area (Å²) in [6, 6.07) is 7.11. The molecule has 1 unspecified atom stereocenters. The maximum Gasteiger partial charge on any atom is 0.412 e. The minimum atomic E-state index is -0.616. The molecule has 0 bridgehead atoms. The molecule has 1 aromatic carbocycles. The molecule has 1 aliphatic heterocycles. The average Bonchev–Trinajstić information content (AvgIpc) is 3.31. The second kappa shape index (κ2) is 8.73. The van der Waals surface area contributed by atoms with E-state index < -0.39 is 11.7 Å². The summed E-state index contributed by atoms with van der Waals surface area (Å²) in [6.07, 6.45) is 1.34. The van der Waals surface area contributed by atoms with Crippen molar-refractivity contribution in [3.8, 4) is 5.75 Å². The third kappa shape index (κ3) is 5.41. The Balaban J connectivity index is 1.72. The summed E-state index contributed by atoms with van der Waals surface area (Å²) in [5, 5.41) is 9.73. The van der Waals surface area contributed by atoms with E-state index in [9.17, 15) is 9.59 Å². The number of nitrogens with zero attached hydrogens (tertiary/aromatic N) is 1. The third-order valence-electron chi connectivity index (χ3n) is 4.53. The summed E-state index contributed by atoms with van der Waals surface area (Å²) >= 11 is 1.64. The first-order chi connectivity index (χ1) is 13.8. The number of hydrogen-bond acceptors (Lipinski definition) is 5. The van der Waals surface area contributed by atoms with Gasteiger partial charge >= 0.3 is 12.1 Å². The molecule has 156 valence electrons. The first-order valence-corrected chi connectivity index (χ1v) is 10.5. The lowest BCUT2D eigenvalue weighted by Crippen LogP contribution is -2.34. The minimum absolute atomic E-state index is 0.0962. The fourth-order valence-corrected chi connectivity index (χ4v) is 4.02. The smallest absolute Gasteiger partial charge is 0.412 e.